The van der Waals surface area contributed by atoms with Crippen molar-refractivity contribution in [3.63, 3.8) is 0 Å². The fourth-order valence-corrected chi connectivity index (χ4v) is 3.55. The van der Waals surface area contributed by atoms with Crippen LogP contribution < -0.4 is 5.32 Å². The second-order valence-corrected chi connectivity index (χ2v) is 7.02. The number of aryl methyl sites for hydroxylation is 1. The SMILES string of the molecule is CCn1cc(C(O)CN(Cc2ccccc2)CC2CCNCC2)cn1. The first-order valence-corrected chi connectivity index (χ1v) is 9.42. The molecule has 2 heterocycles. The van der Waals surface area contributed by atoms with Crippen LogP contribution in [-0.2, 0) is 13.1 Å². The molecule has 1 unspecified atom stereocenters. The van der Waals surface area contributed by atoms with E-state index in [9.17, 15) is 5.11 Å². The van der Waals surface area contributed by atoms with Gasteiger partial charge in [0.25, 0.3) is 0 Å². The Morgan fingerprint density at radius 1 is 1.28 bits per heavy atom. The molecule has 0 saturated carbocycles. The largest absolute Gasteiger partial charge is 0.387 e. The second kappa shape index (κ2) is 9.13. The average Bonchev–Trinajstić information content (AvgIpc) is 3.13. The minimum absolute atomic E-state index is 0.495. The molecule has 5 nitrogen and oxygen atoms in total. The molecular weight excluding hydrogens is 312 g/mol. The number of piperidine rings is 1. The van der Waals surface area contributed by atoms with E-state index in [0.29, 0.717) is 12.5 Å². The number of aliphatic hydroxyl groups is 1. The summed E-state index contributed by atoms with van der Waals surface area (Å²) in [7, 11) is 0. The highest BCUT2D eigenvalue weighted by atomic mass is 16.3. The maximum atomic E-state index is 10.7. The van der Waals surface area contributed by atoms with Gasteiger partial charge in [-0.15, -0.1) is 0 Å². The van der Waals surface area contributed by atoms with Gasteiger partial charge in [0.2, 0.25) is 0 Å². The lowest BCUT2D eigenvalue weighted by atomic mass is 9.97. The van der Waals surface area contributed by atoms with Crippen LogP contribution in [0.25, 0.3) is 0 Å². The molecule has 1 aliphatic heterocycles. The molecule has 2 N–H and O–H groups in total. The Labute approximate surface area is 150 Å². The topological polar surface area (TPSA) is 53.3 Å². The van der Waals surface area contributed by atoms with Crippen molar-refractivity contribution >= 4 is 0 Å². The number of hydrogen-bond donors (Lipinski definition) is 2. The predicted octanol–water partition coefficient (Wildman–Crippen LogP) is 2.44. The van der Waals surface area contributed by atoms with Gasteiger partial charge < -0.3 is 10.4 Å². The van der Waals surface area contributed by atoms with Crippen molar-refractivity contribution in [2.75, 3.05) is 26.2 Å². The van der Waals surface area contributed by atoms with Gasteiger partial charge in [-0.05, 0) is 44.3 Å². The van der Waals surface area contributed by atoms with E-state index in [4.69, 9.17) is 0 Å². The van der Waals surface area contributed by atoms with E-state index >= 15 is 0 Å². The van der Waals surface area contributed by atoms with E-state index in [1.165, 1.54) is 18.4 Å². The molecule has 0 radical (unpaired) electrons. The zero-order valence-electron chi connectivity index (χ0n) is 15.1. The highest BCUT2D eigenvalue weighted by molar-refractivity contribution is 5.15. The van der Waals surface area contributed by atoms with Gasteiger partial charge in [0, 0.05) is 37.9 Å². The van der Waals surface area contributed by atoms with Crippen LogP contribution in [0.1, 0.15) is 37.0 Å². The number of nitrogens with one attached hydrogen (secondary N) is 1. The lowest BCUT2D eigenvalue weighted by molar-refractivity contribution is 0.0938. The third-order valence-electron chi connectivity index (χ3n) is 5.02. The van der Waals surface area contributed by atoms with Crippen LogP contribution in [0.15, 0.2) is 42.7 Å². The third kappa shape index (κ3) is 5.39. The molecule has 2 aromatic rings. The molecule has 0 spiro atoms. The molecule has 1 atom stereocenters. The highest BCUT2D eigenvalue weighted by Crippen LogP contribution is 2.19. The van der Waals surface area contributed by atoms with Crippen LogP contribution in [-0.4, -0.2) is 46.0 Å². The standard InChI is InChI=1S/C20H30N4O/c1-2-24-15-19(12-22-24)20(25)16-23(13-17-6-4-3-5-7-17)14-18-8-10-21-11-9-18/h3-7,12,15,18,20-21,25H,2,8-11,13-14,16H2,1H3. The van der Waals surface area contributed by atoms with Crippen LogP contribution in [0.4, 0.5) is 0 Å². The Hall–Kier alpha value is -1.69. The number of aliphatic hydroxyl groups excluding tert-OH is 1. The monoisotopic (exact) mass is 342 g/mol. The third-order valence-corrected chi connectivity index (χ3v) is 5.02. The van der Waals surface area contributed by atoms with Crippen LogP contribution in [0.5, 0.6) is 0 Å². The molecule has 1 fully saturated rings. The number of aromatic nitrogens is 2. The van der Waals surface area contributed by atoms with Gasteiger partial charge in [-0.1, -0.05) is 30.3 Å². The predicted molar refractivity (Wildman–Crippen MR) is 100 cm³/mol. The van der Waals surface area contributed by atoms with E-state index in [1.807, 2.05) is 10.9 Å². The normalized spacial score (nSPS) is 17.1. The van der Waals surface area contributed by atoms with Crippen LogP contribution in [0, 0.1) is 5.92 Å². The van der Waals surface area contributed by atoms with Crippen LogP contribution >= 0.6 is 0 Å². The minimum Gasteiger partial charge on any atom is -0.387 e. The molecule has 1 aromatic carbocycles. The minimum atomic E-state index is -0.495. The number of nitrogens with zero attached hydrogens (tertiary/aromatic N) is 3. The van der Waals surface area contributed by atoms with Gasteiger partial charge in [-0.2, -0.15) is 5.10 Å². The molecule has 0 amide bonds. The molecular formula is C20H30N4O. The Kier molecular flexibility index (Phi) is 6.62. The lowest BCUT2D eigenvalue weighted by Crippen LogP contribution is -2.37. The lowest BCUT2D eigenvalue weighted by Gasteiger charge is -2.31. The zero-order chi connectivity index (χ0) is 17.5. The fraction of sp³-hybridized carbons (Fsp3) is 0.550. The zero-order valence-corrected chi connectivity index (χ0v) is 15.1. The van der Waals surface area contributed by atoms with Gasteiger partial charge in [0.05, 0.1) is 12.3 Å². The van der Waals surface area contributed by atoms with Crippen LogP contribution in [0.2, 0.25) is 0 Å². The fourth-order valence-electron chi connectivity index (χ4n) is 3.55. The molecule has 5 heteroatoms. The van der Waals surface area contributed by atoms with Gasteiger partial charge in [0.1, 0.15) is 0 Å². The number of rotatable bonds is 8. The quantitative estimate of drug-likeness (QED) is 0.774. The second-order valence-electron chi connectivity index (χ2n) is 7.02. The Bertz CT molecular complexity index is 622. The Balaban J connectivity index is 1.65. The summed E-state index contributed by atoms with van der Waals surface area (Å²) in [6.45, 7) is 7.66. The summed E-state index contributed by atoms with van der Waals surface area (Å²) in [5, 5.41) is 18.4. The average molecular weight is 342 g/mol. The summed E-state index contributed by atoms with van der Waals surface area (Å²) in [5.41, 5.74) is 2.21. The molecule has 3 rings (SSSR count). The summed E-state index contributed by atoms with van der Waals surface area (Å²) in [4.78, 5) is 2.40. The van der Waals surface area contributed by atoms with E-state index < -0.39 is 6.10 Å². The van der Waals surface area contributed by atoms with Gasteiger partial charge in [0.15, 0.2) is 0 Å². The van der Waals surface area contributed by atoms with Crippen molar-refractivity contribution in [3.8, 4) is 0 Å². The molecule has 136 valence electrons. The molecule has 25 heavy (non-hydrogen) atoms. The number of benzene rings is 1. The van der Waals surface area contributed by atoms with Gasteiger partial charge in [-0.25, -0.2) is 0 Å². The van der Waals surface area contributed by atoms with E-state index in [2.05, 4.69) is 52.6 Å². The van der Waals surface area contributed by atoms with Gasteiger partial charge in [-0.3, -0.25) is 9.58 Å². The molecule has 0 bridgehead atoms. The summed E-state index contributed by atoms with van der Waals surface area (Å²) in [6, 6.07) is 10.5. The first-order valence-electron chi connectivity index (χ1n) is 9.42. The summed E-state index contributed by atoms with van der Waals surface area (Å²) in [6.07, 6.45) is 5.69. The van der Waals surface area contributed by atoms with Crippen molar-refractivity contribution in [2.24, 2.45) is 5.92 Å². The van der Waals surface area contributed by atoms with Crippen molar-refractivity contribution in [1.82, 2.24) is 20.0 Å². The summed E-state index contributed by atoms with van der Waals surface area (Å²) in [5.74, 6) is 0.704. The Morgan fingerprint density at radius 2 is 2.04 bits per heavy atom. The van der Waals surface area contributed by atoms with Crippen molar-refractivity contribution in [3.05, 3.63) is 53.9 Å². The van der Waals surface area contributed by atoms with Gasteiger partial charge >= 0.3 is 0 Å². The van der Waals surface area contributed by atoms with Crippen molar-refractivity contribution < 1.29 is 5.11 Å². The molecule has 1 aliphatic rings. The van der Waals surface area contributed by atoms with E-state index in [1.54, 1.807) is 6.20 Å². The first-order chi connectivity index (χ1) is 12.2. The highest BCUT2D eigenvalue weighted by Gasteiger charge is 2.20. The summed E-state index contributed by atoms with van der Waals surface area (Å²) >= 11 is 0. The number of hydrogen-bond acceptors (Lipinski definition) is 4. The van der Waals surface area contributed by atoms with Crippen LogP contribution in [0.3, 0.4) is 0 Å². The smallest absolute Gasteiger partial charge is 0.0947 e. The summed E-state index contributed by atoms with van der Waals surface area (Å²) < 4.78 is 1.87. The molecule has 1 saturated heterocycles. The molecule has 0 aliphatic carbocycles. The first kappa shape index (κ1) is 18.1. The van der Waals surface area contributed by atoms with E-state index in [0.717, 1.165) is 38.3 Å². The maximum Gasteiger partial charge on any atom is 0.0947 e. The Morgan fingerprint density at radius 3 is 2.72 bits per heavy atom. The maximum absolute atomic E-state index is 10.7. The van der Waals surface area contributed by atoms with E-state index in [-0.39, 0.29) is 0 Å². The van der Waals surface area contributed by atoms with Crippen molar-refractivity contribution in [1.29, 1.82) is 0 Å². The van der Waals surface area contributed by atoms with Crippen molar-refractivity contribution in [2.45, 2.75) is 39.0 Å². The molecule has 1 aromatic heterocycles.